The fraction of sp³-hybridized carbons (Fsp3) is 0.286. The van der Waals surface area contributed by atoms with E-state index < -0.39 is 0 Å². The van der Waals surface area contributed by atoms with Crippen molar-refractivity contribution in [3.05, 3.63) is 5.28 Å². The fourth-order valence-electron chi connectivity index (χ4n) is 0.895. The molecule has 0 aliphatic carbocycles. The fourth-order valence-corrected chi connectivity index (χ4v) is 2.74. The Labute approximate surface area is 110 Å². The number of nitrogen functional groups attached to an aromatic ring is 1. The van der Waals surface area contributed by atoms with E-state index in [9.17, 15) is 0 Å². The van der Waals surface area contributed by atoms with Crippen LogP contribution in [0.1, 0.15) is 0 Å². The molecule has 7 nitrogen and oxygen atoms in total. The minimum atomic E-state index is 0.0670. The van der Waals surface area contributed by atoms with Gasteiger partial charge in [-0.2, -0.15) is 15.0 Å². The Bertz CT molecular complexity index is 508. The molecule has 0 bridgehead atoms. The highest BCUT2D eigenvalue weighted by molar-refractivity contribution is 8.00. The molecule has 0 fully saturated rings. The molecular formula is C7H8ClN7S2. The number of nitrogens with zero attached hydrogens (tertiary/aromatic N) is 6. The third kappa shape index (κ3) is 3.14. The zero-order valence-electron chi connectivity index (χ0n) is 8.96. The van der Waals surface area contributed by atoms with Crippen LogP contribution in [-0.4, -0.2) is 39.2 Å². The van der Waals surface area contributed by atoms with Gasteiger partial charge in [0.15, 0.2) is 4.34 Å². The van der Waals surface area contributed by atoms with Crippen LogP contribution in [0.25, 0.3) is 0 Å². The standard InChI is InChI=1S/C7H8ClN7S2/c1-15(2)6-13-14-7(17-6)16-5-11-3(8)10-4(9)12-5/h1-2H3,(H2,9,10,11,12). The van der Waals surface area contributed by atoms with Gasteiger partial charge in [-0.1, -0.05) is 11.3 Å². The highest BCUT2D eigenvalue weighted by Crippen LogP contribution is 2.31. The maximum absolute atomic E-state index is 5.68. The lowest BCUT2D eigenvalue weighted by atomic mass is 10.9. The van der Waals surface area contributed by atoms with Crippen LogP contribution in [0, 0.1) is 0 Å². The number of hydrogen-bond acceptors (Lipinski definition) is 9. The van der Waals surface area contributed by atoms with Crippen molar-refractivity contribution < 1.29 is 0 Å². The molecule has 10 heteroatoms. The smallest absolute Gasteiger partial charge is 0.228 e. The van der Waals surface area contributed by atoms with Gasteiger partial charge in [-0.3, -0.25) is 0 Å². The second-order valence-electron chi connectivity index (χ2n) is 3.09. The molecule has 2 N–H and O–H groups in total. The molecule has 2 rings (SSSR count). The maximum Gasteiger partial charge on any atom is 0.228 e. The Morgan fingerprint density at radius 3 is 2.59 bits per heavy atom. The van der Waals surface area contributed by atoms with Gasteiger partial charge >= 0.3 is 0 Å². The Kier molecular flexibility index (Phi) is 3.60. The van der Waals surface area contributed by atoms with Crippen LogP contribution in [0.3, 0.4) is 0 Å². The van der Waals surface area contributed by atoms with E-state index in [0.717, 1.165) is 9.47 Å². The molecule has 0 radical (unpaired) electrons. The molecule has 0 atom stereocenters. The second-order valence-corrected chi connectivity index (χ2v) is 5.60. The van der Waals surface area contributed by atoms with Crippen molar-refractivity contribution in [3.63, 3.8) is 0 Å². The average molecular weight is 290 g/mol. The van der Waals surface area contributed by atoms with E-state index in [4.69, 9.17) is 17.3 Å². The summed E-state index contributed by atoms with van der Waals surface area (Å²) in [6.07, 6.45) is 0. The van der Waals surface area contributed by atoms with Gasteiger partial charge < -0.3 is 10.6 Å². The average Bonchev–Trinajstić information content (AvgIpc) is 2.64. The zero-order valence-corrected chi connectivity index (χ0v) is 11.3. The lowest BCUT2D eigenvalue weighted by molar-refractivity contribution is 0.910. The molecule has 2 aromatic rings. The summed E-state index contributed by atoms with van der Waals surface area (Å²) in [4.78, 5) is 13.4. The summed E-state index contributed by atoms with van der Waals surface area (Å²) in [5.74, 6) is 0.0878. The van der Waals surface area contributed by atoms with Gasteiger partial charge in [0.25, 0.3) is 0 Å². The van der Waals surface area contributed by atoms with Crippen molar-refractivity contribution >= 4 is 45.8 Å². The molecule has 0 saturated heterocycles. The van der Waals surface area contributed by atoms with Crippen molar-refractivity contribution in [2.75, 3.05) is 24.7 Å². The Morgan fingerprint density at radius 1 is 1.24 bits per heavy atom. The molecular weight excluding hydrogens is 282 g/mol. The largest absolute Gasteiger partial charge is 0.368 e. The van der Waals surface area contributed by atoms with Gasteiger partial charge in [0.1, 0.15) is 0 Å². The Morgan fingerprint density at radius 2 is 2.00 bits per heavy atom. The van der Waals surface area contributed by atoms with Crippen LogP contribution in [0.5, 0.6) is 0 Å². The van der Waals surface area contributed by atoms with Gasteiger partial charge in [0.05, 0.1) is 0 Å². The number of hydrogen-bond donors (Lipinski definition) is 1. The monoisotopic (exact) mass is 289 g/mol. The van der Waals surface area contributed by atoms with E-state index in [0.29, 0.717) is 5.16 Å². The molecule has 0 aromatic carbocycles. The van der Waals surface area contributed by atoms with Crippen LogP contribution in [-0.2, 0) is 0 Å². The minimum Gasteiger partial charge on any atom is -0.368 e. The predicted octanol–water partition coefficient (Wildman–Crippen LogP) is 1.18. The molecule has 2 aromatic heterocycles. The number of anilines is 2. The molecule has 0 spiro atoms. The minimum absolute atomic E-state index is 0.0670. The summed E-state index contributed by atoms with van der Waals surface area (Å²) in [5.41, 5.74) is 5.47. The topological polar surface area (TPSA) is 93.7 Å². The normalized spacial score (nSPS) is 10.5. The second kappa shape index (κ2) is 4.98. The number of aromatic nitrogens is 5. The van der Waals surface area contributed by atoms with Crippen molar-refractivity contribution in [3.8, 4) is 0 Å². The first-order valence-corrected chi connectivity index (χ1v) is 6.41. The highest BCUT2D eigenvalue weighted by Gasteiger charge is 2.10. The molecule has 0 unspecified atom stereocenters. The molecule has 0 aliphatic rings. The van der Waals surface area contributed by atoms with Gasteiger partial charge in [-0.05, 0) is 23.4 Å². The molecule has 2 heterocycles. The molecule has 0 saturated carbocycles. The summed E-state index contributed by atoms with van der Waals surface area (Å²) < 4.78 is 0.718. The number of nitrogens with two attached hydrogens (primary N) is 1. The van der Waals surface area contributed by atoms with E-state index in [2.05, 4.69) is 25.1 Å². The molecule has 90 valence electrons. The zero-order chi connectivity index (χ0) is 12.4. The van der Waals surface area contributed by atoms with E-state index in [1.165, 1.54) is 23.1 Å². The van der Waals surface area contributed by atoms with E-state index in [1.807, 2.05) is 19.0 Å². The lowest BCUT2D eigenvalue weighted by Gasteiger charge is -2.03. The summed E-state index contributed by atoms with van der Waals surface area (Å²) in [6, 6.07) is 0. The summed E-state index contributed by atoms with van der Waals surface area (Å²) in [7, 11) is 3.79. The third-order valence-electron chi connectivity index (χ3n) is 1.56. The van der Waals surface area contributed by atoms with Gasteiger partial charge in [-0.25, -0.2) is 0 Å². The first-order chi connectivity index (χ1) is 8.04. The summed E-state index contributed by atoms with van der Waals surface area (Å²) in [6.45, 7) is 0. The van der Waals surface area contributed by atoms with Gasteiger partial charge in [0.2, 0.25) is 21.5 Å². The van der Waals surface area contributed by atoms with E-state index in [1.54, 1.807) is 0 Å². The Hall–Kier alpha value is -1.19. The first kappa shape index (κ1) is 12.3. The maximum atomic E-state index is 5.68. The summed E-state index contributed by atoms with van der Waals surface area (Å²) in [5, 5.41) is 9.27. The predicted molar refractivity (Wildman–Crippen MR) is 67.6 cm³/mol. The van der Waals surface area contributed by atoms with Crippen molar-refractivity contribution in [2.24, 2.45) is 0 Å². The van der Waals surface area contributed by atoms with E-state index in [-0.39, 0.29) is 11.2 Å². The molecule has 17 heavy (non-hydrogen) atoms. The van der Waals surface area contributed by atoms with Crippen LogP contribution in [0.15, 0.2) is 9.50 Å². The summed E-state index contributed by atoms with van der Waals surface area (Å²) >= 11 is 8.35. The third-order valence-corrected chi connectivity index (χ3v) is 3.74. The van der Waals surface area contributed by atoms with Gasteiger partial charge in [-0.15, -0.1) is 10.2 Å². The quantitative estimate of drug-likeness (QED) is 0.900. The van der Waals surface area contributed by atoms with E-state index >= 15 is 0 Å². The Balaban J connectivity index is 2.19. The van der Waals surface area contributed by atoms with Crippen LogP contribution in [0.2, 0.25) is 5.28 Å². The van der Waals surface area contributed by atoms with Crippen LogP contribution >= 0.6 is 34.7 Å². The number of halogens is 1. The van der Waals surface area contributed by atoms with Gasteiger partial charge in [0, 0.05) is 14.1 Å². The van der Waals surface area contributed by atoms with Crippen LogP contribution < -0.4 is 10.6 Å². The van der Waals surface area contributed by atoms with Crippen molar-refractivity contribution in [1.82, 2.24) is 25.1 Å². The molecule has 0 aliphatic heterocycles. The SMILES string of the molecule is CN(C)c1nnc(Sc2nc(N)nc(Cl)n2)s1. The molecule has 0 amide bonds. The first-order valence-electron chi connectivity index (χ1n) is 4.40. The number of rotatable bonds is 3. The van der Waals surface area contributed by atoms with Crippen molar-refractivity contribution in [1.29, 1.82) is 0 Å². The van der Waals surface area contributed by atoms with Crippen LogP contribution in [0.4, 0.5) is 11.1 Å². The van der Waals surface area contributed by atoms with Crippen molar-refractivity contribution in [2.45, 2.75) is 9.50 Å². The lowest BCUT2D eigenvalue weighted by Crippen LogP contribution is -2.07. The highest BCUT2D eigenvalue weighted by atomic mass is 35.5.